The van der Waals surface area contributed by atoms with Crippen LogP contribution < -0.4 is 14.2 Å². The van der Waals surface area contributed by atoms with Gasteiger partial charge in [0.2, 0.25) is 0 Å². The van der Waals surface area contributed by atoms with Gasteiger partial charge in [0.1, 0.15) is 17.2 Å². The van der Waals surface area contributed by atoms with Crippen molar-refractivity contribution in [2.75, 3.05) is 26.7 Å². The monoisotopic (exact) mass is 988 g/mol. The van der Waals surface area contributed by atoms with Gasteiger partial charge in [-0.25, -0.2) is 9.59 Å². The standard InChI is InChI=1S/C23H27IN2O3.C10H9IO3.C10H10O3/c1-25(23(28)22-9-7-17-13-18(24)8-10-21(17)29-22)20(16-5-3-2-4-6-16)15-26-12-11-19(27)14-26;11-7-2-4-8-6(5-7)1-3-9(14-8)10(12)13;11-10(12)9-6-5-7-3-1-2-4-8(7)13-9/h2-6,8,10,13,19-20,22,27H,7,9,11-12,14-15H2,1H3;2,4-5,9H,1,3H2,(H,12,13);1-4,9H,5-6H2,(H,11,12)/t19-,20?,22?;;/m0../s1. The fraction of sp³-hybridized carbons (Fsp3) is 0.372. The summed E-state index contributed by atoms with van der Waals surface area (Å²) in [6.07, 6.45) is 2.95. The molecule has 56 heavy (non-hydrogen) atoms. The van der Waals surface area contributed by atoms with Crippen LogP contribution >= 0.6 is 45.2 Å². The van der Waals surface area contributed by atoms with Gasteiger partial charge >= 0.3 is 11.9 Å². The van der Waals surface area contributed by atoms with Crippen molar-refractivity contribution in [1.82, 2.24) is 9.80 Å². The van der Waals surface area contributed by atoms with Gasteiger partial charge in [-0.05, 0) is 155 Å². The van der Waals surface area contributed by atoms with Crippen LogP contribution in [0, 0.1) is 7.14 Å². The van der Waals surface area contributed by atoms with E-state index in [1.807, 2.05) is 84.7 Å². The Bertz CT molecular complexity index is 2000. The number of carboxylic acid groups (broad SMARTS) is 2. The van der Waals surface area contributed by atoms with E-state index < -0.39 is 30.3 Å². The van der Waals surface area contributed by atoms with E-state index in [2.05, 4.69) is 68.3 Å². The first kappa shape index (κ1) is 41.7. The Morgan fingerprint density at radius 3 is 1.75 bits per heavy atom. The maximum absolute atomic E-state index is 13.4. The molecule has 11 nitrogen and oxygen atoms in total. The molecule has 4 unspecified atom stereocenters. The Balaban J connectivity index is 0.000000163. The summed E-state index contributed by atoms with van der Waals surface area (Å²) >= 11 is 4.53. The van der Waals surface area contributed by atoms with E-state index in [0.29, 0.717) is 43.9 Å². The summed E-state index contributed by atoms with van der Waals surface area (Å²) in [6.45, 7) is 2.24. The van der Waals surface area contributed by atoms with Crippen molar-refractivity contribution in [2.24, 2.45) is 0 Å². The number of para-hydroxylation sites is 1. The summed E-state index contributed by atoms with van der Waals surface area (Å²) in [5.74, 6) is 0.499. The number of carboxylic acids is 2. The molecular formula is C43H46I2N2O9. The first-order valence-corrected chi connectivity index (χ1v) is 20.9. The zero-order valence-electron chi connectivity index (χ0n) is 31.1. The molecular weight excluding hydrogens is 942 g/mol. The number of aryl methyl sites for hydroxylation is 3. The lowest BCUT2D eigenvalue weighted by Gasteiger charge is -2.35. The van der Waals surface area contributed by atoms with E-state index in [1.165, 1.54) is 9.13 Å². The SMILES string of the molecule is CN(C(=O)C1CCc2cc(I)ccc2O1)C(CN1CC[C@H](O)C1)c1ccccc1.O=C(O)C1CCc2cc(I)ccc2O1.O=C(O)C1CCc2ccccc2O1. The van der Waals surface area contributed by atoms with Crippen molar-refractivity contribution in [2.45, 2.75) is 75.4 Å². The molecule has 8 rings (SSSR count). The number of carbonyl (C=O) groups is 3. The number of ether oxygens (including phenoxy) is 3. The number of benzene rings is 4. The highest BCUT2D eigenvalue weighted by molar-refractivity contribution is 14.1. The van der Waals surface area contributed by atoms with E-state index in [0.717, 1.165) is 58.2 Å². The number of amides is 1. The van der Waals surface area contributed by atoms with Crippen LogP contribution in [-0.2, 0) is 33.6 Å². The van der Waals surface area contributed by atoms with Crippen molar-refractivity contribution in [3.63, 3.8) is 0 Å². The van der Waals surface area contributed by atoms with E-state index in [4.69, 9.17) is 24.4 Å². The second-order valence-corrected chi connectivity index (χ2v) is 16.8. The second-order valence-electron chi connectivity index (χ2n) is 14.3. The summed E-state index contributed by atoms with van der Waals surface area (Å²) < 4.78 is 19.1. The van der Waals surface area contributed by atoms with Gasteiger partial charge in [0.25, 0.3) is 5.91 Å². The predicted octanol–water partition coefficient (Wildman–Crippen LogP) is 6.79. The third-order valence-corrected chi connectivity index (χ3v) is 11.7. The fourth-order valence-corrected chi connectivity index (χ4v) is 8.40. The zero-order valence-corrected chi connectivity index (χ0v) is 35.4. The minimum absolute atomic E-state index is 0.0165. The van der Waals surface area contributed by atoms with Crippen LogP contribution in [-0.4, -0.2) is 94.1 Å². The molecule has 296 valence electrons. The van der Waals surface area contributed by atoms with Crippen LogP contribution in [0.4, 0.5) is 0 Å². The smallest absolute Gasteiger partial charge is 0.344 e. The summed E-state index contributed by atoms with van der Waals surface area (Å²) in [5.41, 5.74) is 4.49. The van der Waals surface area contributed by atoms with E-state index >= 15 is 0 Å². The molecule has 1 fully saturated rings. The number of halogens is 2. The quantitative estimate of drug-likeness (QED) is 0.170. The molecule has 0 aliphatic carbocycles. The zero-order chi connectivity index (χ0) is 39.8. The number of rotatable bonds is 7. The summed E-state index contributed by atoms with van der Waals surface area (Å²) in [7, 11) is 1.87. The molecule has 0 saturated carbocycles. The van der Waals surface area contributed by atoms with Crippen molar-refractivity contribution >= 4 is 63.0 Å². The van der Waals surface area contributed by atoms with Crippen LogP contribution in [0.3, 0.4) is 0 Å². The van der Waals surface area contributed by atoms with Gasteiger partial charge in [-0.2, -0.15) is 0 Å². The van der Waals surface area contributed by atoms with Crippen LogP contribution in [0.5, 0.6) is 17.2 Å². The maximum atomic E-state index is 13.4. The third kappa shape index (κ3) is 10.9. The van der Waals surface area contributed by atoms with Gasteiger partial charge in [-0.1, -0.05) is 48.5 Å². The Hall–Kier alpha value is -3.93. The van der Waals surface area contributed by atoms with E-state index in [1.54, 1.807) is 0 Å². The molecule has 0 radical (unpaired) electrons. The number of carbonyl (C=O) groups excluding carboxylic acids is 1. The molecule has 0 aromatic heterocycles. The molecule has 1 saturated heterocycles. The Morgan fingerprint density at radius 2 is 1.20 bits per heavy atom. The van der Waals surface area contributed by atoms with Crippen LogP contribution in [0.1, 0.15) is 54.0 Å². The van der Waals surface area contributed by atoms with Gasteiger partial charge in [0.15, 0.2) is 18.3 Å². The normalized spacial score (nSPS) is 21.3. The lowest BCUT2D eigenvalue weighted by molar-refractivity contribution is -0.146. The van der Waals surface area contributed by atoms with Gasteiger partial charge in [0.05, 0.1) is 12.1 Å². The highest BCUT2D eigenvalue weighted by atomic mass is 127. The second kappa shape index (κ2) is 19.5. The number of aliphatic hydroxyl groups is 1. The summed E-state index contributed by atoms with van der Waals surface area (Å²) in [4.78, 5) is 38.8. The van der Waals surface area contributed by atoms with Gasteiger partial charge in [-0.15, -0.1) is 0 Å². The minimum Gasteiger partial charge on any atom is -0.480 e. The van der Waals surface area contributed by atoms with Gasteiger partial charge in [0, 0.05) is 33.8 Å². The lowest BCUT2D eigenvalue weighted by atomic mass is 10.00. The summed E-state index contributed by atoms with van der Waals surface area (Å²) in [5, 5.41) is 27.4. The molecule has 0 bridgehead atoms. The number of nitrogens with zero attached hydrogens (tertiary/aromatic N) is 2. The van der Waals surface area contributed by atoms with Crippen molar-refractivity contribution in [3.8, 4) is 17.2 Å². The molecule has 4 heterocycles. The molecule has 4 aromatic rings. The number of aliphatic hydroxyl groups excluding tert-OH is 1. The number of likely N-dealkylation sites (tertiary alicyclic amines) is 1. The first-order chi connectivity index (χ1) is 26.9. The van der Waals surface area contributed by atoms with Crippen LogP contribution in [0.25, 0.3) is 0 Å². The Labute approximate surface area is 354 Å². The number of aliphatic carboxylic acids is 2. The predicted molar refractivity (Wildman–Crippen MR) is 227 cm³/mol. The number of hydrogen-bond acceptors (Lipinski definition) is 8. The Kier molecular flexibility index (Phi) is 14.5. The molecule has 13 heteroatoms. The average Bonchev–Trinajstić information content (AvgIpc) is 3.63. The molecule has 4 aromatic carbocycles. The highest BCUT2D eigenvalue weighted by Crippen LogP contribution is 2.32. The van der Waals surface area contributed by atoms with Crippen LogP contribution in [0.15, 0.2) is 91.0 Å². The molecule has 3 N–H and O–H groups in total. The van der Waals surface area contributed by atoms with Crippen molar-refractivity contribution < 1.29 is 43.9 Å². The Morgan fingerprint density at radius 1 is 0.696 bits per heavy atom. The number of likely N-dealkylation sites (N-methyl/N-ethyl adjacent to an activating group) is 1. The minimum atomic E-state index is -0.880. The molecule has 0 spiro atoms. The van der Waals surface area contributed by atoms with Gasteiger partial charge < -0.3 is 34.4 Å². The van der Waals surface area contributed by atoms with Crippen LogP contribution in [0.2, 0.25) is 0 Å². The average molecular weight is 989 g/mol. The maximum Gasteiger partial charge on any atom is 0.344 e. The number of β-amino-alcohol motifs (C(OH)–C–C–N with tert-alkyl or cyclic N) is 1. The molecule has 4 aliphatic rings. The van der Waals surface area contributed by atoms with Crippen molar-refractivity contribution in [1.29, 1.82) is 0 Å². The highest BCUT2D eigenvalue weighted by Gasteiger charge is 2.34. The molecule has 4 aliphatic heterocycles. The lowest BCUT2D eigenvalue weighted by Crippen LogP contribution is -2.46. The summed E-state index contributed by atoms with van der Waals surface area (Å²) in [6, 6.07) is 29.5. The third-order valence-electron chi connectivity index (χ3n) is 10.4. The van der Waals surface area contributed by atoms with Gasteiger partial charge in [-0.3, -0.25) is 9.69 Å². The number of hydrogen-bond donors (Lipinski definition) is 3. The topological polar surface area (TPSA) is 146 Å². The largest absolute Gasteiger partial charge is 0.480 e. The molecule has 5 atom stereocenters. The van der Waals surface area contributed by atoms with E-state index in [-0.39, 0.29) is 18.1 Å². The fourth-order valence-electron chi connectivity index (χ4n) is 7.29. The number of fused-ring (bicyclic) bond motifs is 3. The molecule has 1 amide bonds. The first-order valence-electron chi connectivity index (χ1n) is 18.8. The van der Waals surface area contributed by atoms with E-state index in [9.17, 15) is 19.5 Å². The van der Waals surface area contributed by atoms with Crippen molar-refractivity contribution in [3.05, 3.63) is 120 Å².